The van der Waals surface area contributed by atoms with Crippen LogP contribution in [0.3, 0.4) is 0 Å². The van der Waals surface area contributed by atoms with Gasteiger partial charge >= 0.3 is 0 Å². The lowest BCUT2D eigenvalue weighted by atomic mass is 10.1. The van der Waals surface area contributed by atoms with Gasteiger partial charge in [0.1, 0.15) is 0 Å². The van der Waals surface area contributed by atoms with Crippen LogP contribution in [0.15, 0.2) is 11.6 Å². The van der Waals surface area contributed by atoms with Gasteiger partial charge in [0.25, 0.3) is 0 Å². The second-order valence-corrected chi connectivity index (χ2v) is 4.38. The highest BCUT2D eigenvalue weighted by Crippen LogP contribution is 2.04. The predicted molar refractivity (Wildman–Crippen MR) is 61.0 cm³/mol. The fraction of sp³-hybridized carbons (Fsp3) is 0.833. The maximum atomic E-state index is 3.41. The molecule has 0 aliphatic heterocycles. The molecular weight excluding hydrogens is 158 g/mol. The molecule has 0 aliphatic rings. The SMILES string of the molecule is CC(C)=CCNCCCCC(C)C. The van der Waals surface area contributed by atoms with Gasteiger partial charge < -0.3 is 5.32 Å². The Morgan fingerprint density at radius 3 is 2.46 bits per heavy atom. The van der Waals surface area contributed by atoms with Crippen molar-refractivity contribution in [1.82, 2.24) is 5.32 Å². The molecule has 0 aromatic heterocycles. The summed E-state index contributed by atoms with van der Waals surface area (Å²) in [6.45, 7) is 11.1. The fourth-order valence-corrected chi connectivity index (χ4v) is 1.18. The van der Waals surface area contributed by atoms with Crippen molar-refractivity contribution in [2.75, 3.05) is 13.1 Å². The Balaban J connectivity index is 3.04. The molecule has 1 heteroatoms. The van der Waals surface area contributed by atoms with Gasteiger partial charge in [0.2, 0.25) is 0 Å². The van der Waals surface area contributed by atoms with E-state index in [1.54, 1.807) is 0 Å². The molecule has 0 saturated carbocycles. The third-order valence-corrected chi connectivity index (χ3v) is 2.04. The zero-order valence-electron chi connectivity index (χ0n) is 9.69. The van der Waals surface area contributed by atoms with Gasteiger partial charge in [0.15, 0.2) is 0 Å². The molecule has 0 heterocycles. The van der Waals surface area contributed by atoms with Gasteiger partial charge in [-0.05, 0) is 32.7 Å². The van der Waals surface area contributed by atoms with E-state index >= 15 is 0 Å². The topological polar surface area (TPSA) is 12.0 Å². The quantitative estimate of drug-likeness (QED) is 0.471. The number of nitrogens with one attached hydrogen (secondary N) is 1. The van der Waals surface area contributed by atoms with Crippen LogP contribution < -0.4 is 5.32 Å². The lowest BCUT2D eigenvalue weighted by molar-refractivity contribution is 0.527. The molecule has 0 fully saturated rings. The van der Waals surface area contributed by atoms with E-state index in [1.807, 2.05) is 0 Å². The zero-order chi connectivity index (χ0) is 10.1. The van der Waals surface area contributed by atoms with Crippen molar-refractivity contribution < 1.29 is 0 Å². The third-order valence-electron chi connectivity index (χ3n) is 2.04. The second-order valence-electron chi connectivity index (χ2n) is 4.38. The minimum atomic E-state index is 0.859. The summed E-state index contributed by atoms with van der Waals surface area (Å²) in [5, 5.41) is 3.41. The van der Waals surface area contributed by atoms with Gasteiger partial charge in [-0.3, -0.25) is 0 Å². The maximum absolute atomic E-state index is 3.41. The van der Waals surface area contributed by atoms with Crippen molar-refractivity contribution in [3.63, 3.8) is 0 Å². The van der Waals surface area contributed by atoms with E-state index in [0.29, 0.717) is 0 Å². The van der Waals surface area contributed by atoms with Gasteiger partial charge in [-0.15, -0.1) is 0 Å². The first kappa shape index (κ1) is 12.7. The molecule has 1 nitrogen and oxygen atoms in total. The van der Waals surface area contributed by atoms with Crippen LogP contribution in [-0.2, 0) is 0 Å². The van der Waals surface area contributed by atoms with Crippen LogP contribution >= 0.6 is 0 Å². The highest BCUT2D eigenvalue weighted by atomic mass is 14.8. The Hall–Kier alpha value is -0.300. The van der Waals surface area contributed by atoms with Crippen molar-refractivity contribution >= 4 is 0 Å². The second kappa shape index (κ2) is 8.31. The minimum Gasteiger partial charge on any atom is -0.313 e. The first-order valence-corrected chi connectivity index (χ1v) is 5.47. The summed E-state index contributed by atoms with van der Waals surface area (Å²) in [5.41, 5.74) is 1.40. The lowest BCUT2D eigenvalue weighted by Crippen LogP contribution is -2.15. The monoisotopic (exact) mass is 183 g/mol. The number of allylic oxidation sites excluding steroid dienone is 1. The summed E-state index contributed by atoms with van der Waals surface area (Å²) in [7, 11) is 0. The Kier molecular flexibility index (Phi) is 8.11. The molecule has 0 aromatic carbocycles. The van der Waals surface area contributed by atoms with Gasteiger partial charge in [-0.25, -0.2) is 0 Å². The minimum absolute atomic E-state index is 0.859. The molecule has 0 radical (unpaired) electrons. The molecule has 0 unspecified atom stereocenters. The van der Waals surface area contributed by atoms with E-state index in [-0.39, 0.29) is 0 Å². The summed E-state index contributed by atoms with van der Waals surface area (Å²) in [4.78, 5) is 0. The van der Waals surface area contributed by atoms with Gasteiger partial charge in [-0.2, -0.15) is 0 Å². The molecule has 0 aliphatic carbocycles. The predicted octanol–water partition coefficient (Wildman–Crippen LogP) is 3.37. The van der Waals surface area contributed by atoms with Crippen molar-refractivity contribution in [3.8, 4) is 0 Å². The summed E-state index contributed by atoms with van der Waals surface area (Å²) < 4.78 is 0. The van der Waals surface area contributed by atoms with Crippen LogP contribution in [0.5, 0.6) is 0 Å². The first-order chi connectivity index (χ1) is 6.13. The van der Waals surface area contributed by atoms with Gasteiger partial charge in [0.05, 0.1) is 0 Å². The van der Waals surface area contributed by atoms with Crippen LogP contribution in [0.2, 0.25) is 0 Å². The third kappa shape index (κ3) is 11.7. The van der Waals surface area contributed by atoms with E-state index in [4.69, 9.17) is 0 Å². The van der Waals surface area contributed by atoms with Crippen LogP contribution in [0, 0.1) is 5.92 Å². The molecule has 1 N–H and O–H groups in total. The van der Waals surface area contributed by atoms with Gasteiger partial charge in [0, 0.05) is 6.54 Å². The Morgan fingerprint density at radius 2 is 1.92 bits per heavy atom. The molecule has 0 bridgehead atoms. The summed E-state index contributed by atoms with van der Waals surface area (Å²) in [5.74, 6) is 0.859. The van der Waals surface area contributed by atoms with E-state index < -0.39 is 0 Å². The van der Waals surface area contributed by atoms with E-state index in [0.717, 1.165) is 19.0 Å². The average molecular weight is 183 g/mol. The molecule has 13 heavy (non-hydrogen) atoms. The number of hydrogen-bond acceptors (Lipinski definition) is 1. The summed E-state index contributed by atoms with van der Waals surface area (Å²) >= 11 is 0. The highest BCUT2D eigenvalue weighted by molar-refractivity contribution is 4.94. The average Bonchev–Trinajstić information content (AvgIpc) is 2.01. The normalized spacial score (nSPS) is 10.5. The van der Waals surface area contributed by atoms with Crippen molar-refractivity contribution in [2.45, 2.75) is 47.0 Å². The van der Waals surface area contributed by atoms with Crippen molar-refractivity contribution in [2.24, 2.45) is 5.92 Å². The zero-order valence-corrected chi connectivity index (χ0v) is 9.69. The van der Waals surface area contributed by atoms with Crippen LogP contribution in [0.4, 0.5) is 0 Å². The summed E-state index contributed by atoms with van der Waals surface area (Å²) in [6.07, 6.45) is 6.28. The molecule has 0 amide bonds. The van der Waals surface area contributed by atoms with Crippen LogP contribution in [0.25, 0.3) is 0 Å². The van der Waals surface area contributed by atoms with E-state index in [2.05, 4.69) is 39.1 Å². The molecule has 0 spiro atoms. The Morgan fingerprint density at radius 1 is 1.23 bits per heavy atom. The highest BCUT2D eigenvalue weighted by Gasteiger charge is 1.92. The Bertz CT molecular complexity index is 132. The van der Waals surface area contributed by atoms with E-state index in [9.17, 15) is 0 Å². The molecule has 0 aromatic rings. The largest absolute Gasteiger partial charge is 0.313 e. The fourth-order valence-electron chi connectivity index (χ4n) is 1.18. The molecular formula is C12H25N. The molecule has 0 saturated heterocycles. The smallest absolute Gasteiger partial charge is 0.0137 e. The van der Waals surface area contributed by atoms with Gasteiger partial charge in [-0.1, -0.05) is 38.3 Å². The standard InChI is InChI=1S/C12H25N/c1-11(2)7-5-6-9-13-10-8-12(3)4/h8,11,13H,5-7,9-10H2,1-4H3. The van der Waals surface area contributed by atoms with Crippen molar-refractivity contribution in [1.29, 1.82) is 0 Å². The summed E-state index contributed by atoms with van der Waals surface area (Å²) in [6, 6.07) is 0. The number of rotatable bonds is 7. The van der Waals surface area contributed by atoms with Crippen molar-refractivity contribution in [3.05, 3.63) is 11.6 Å². The molecule has 78 valence electrons. The molecule has 0 rings (SSSR count). The number of unbranched alkanes of at least 4 members (excludes halogenated alkanes) is 1. The van der Waals surface area contributed by atoms with Crippen LogP contribution in [-0.4, -0.2) is 13.1 Å². The lowest BCUT2D eigenvalue weighted by Gasteiger charge is -2.04. The maximum Gasteiger partial charge on any atom is 0.0137 e. The van der Waals surface area contributed by atoms with E-state index in [1.165, 1.54) is 24.8 Å². The number of hydrogen-bond donors (Lipinski definition) is 1. The molecule has 0 atom stereocenters. The Labute approximate surface area is 83.6 Å². The first-order valence-electron chi connectivity index (χ1n) is 5.47. The van der Waals surface area contributed by atoms with Crippen LogP contribution in [0.1, 0.15) is 47.0 Å².